The lowest BCUT2D eigenvalue weighted by Crippen LogP contribution is -2.29. The molecule has 1 heterocycles. The van der Waals surface area contributed by atoms with Crippen molar-refractivity contribution in [2.45, 2.75) is 50.3 Å². The first-order valence-electron chi connectivity index (χ1n) is 5.78. The highest BCUT2D eigenvalue weighted by Crippen LogP contribution is 2.25. The van der Waals surface area contributed by atoms with Crippen LogP contribution in [0.1, 0.15) is 39.0 Å². The van der Waals surface area contributed by atoms with Crippen molar-refractivity contribution in [1.82, 2.24) is 5.32 Å². The van der Waals surface area contributed by atoms with Gasteiger partial charge in [0.15, 0.2) is 0 Å². The van der Waals surface area contributed by atoms with Gasteiger partial charge in [-0.1, -0.05) is 19.8 Å². The molecule has 0 saturated carbocycles. The number of hydrogen-bond acceptors (Lipinski definition) is 3. The van der Waals surface area contributed by atoms with E-state index in [9.17, 15) is 0 Å². The number of unbranched alkanes of at least 4 members (excludes halogenated alkanes) is 3. The minimum absolute atomic E-state index is 0.351. The first-order chi connectivity index (χ1) is 6.83. The summed E-state index contributed by atoms with van der Waals surface area (Å²) in [6, 6.07) is 0.757. The molecule has 0 aromatic carbocycles. The summed E-state index contributed by atoms with van der Waals surface area (Å²) in [5.41, 5.74) is 0. The molecule has 3 heteroatoms. The minimum atomic E-state index is 0.351. The molecule has 0 spiro atoms. The predicted molar refractivity (Wildman–Crippen MR) is 63.9 cm³/mol. The van der Waals surface area contributed by atoms with Crippen LogP contribution in [0.4, 0.5) is 0 Å². The summed E-state index contributed by atoms with van der Waals surface area (Å²) in [7, 11) is 0. The summed E-state index contributed by atoms with van der Waals surface area (Å²) in [6.45, 7) is 3.82. The average molecular weight is 217 g/mol. The second-order valence-electron chi connectivity index (χ2n) is 4.17. The number of aliphatic hydroxyl groups excluding tert-OH is 1. The van der Waals surface area contributed by atoms with Gasteiger partial charge in [0, 0.05) is 23.7 Å². The molecule has 1 aliphatic heterocycles. The molecule has 0 aromatic rings. The van der Waals surface area contributed by atoms with Crippen LogP contribution in [0.3, 0.4) is 0 Å². The molecule has 2 nitrogen and oxygen atoms in total. The topological polar surface area (TPSA) is 32.3 Å². The van der Waals surface area contributed by atoms with Crippen molar-refractivity contribution >= 4 is 11.8 Å². The molecule has 1 aliphatic rings. The number of rotatable bonds is 7. The maximum atomic E-state index is 8.61. The van der Waals surface area contributed by atoms with Crippen LogP contribution in [-0.2, 0) is 0 Å². The standard InChI is InChI=1S/C11H23NOS/c1-10-8-11(9-14-10)12-6-4-2-3-5-7-13/h10-13H,2-9H2,1H3. The fraction of sp³-hybridized carbons (Fsp3) is 1.00. The molecular formula is C11H23NOS. The molecular weight excluding hydrogens is 194 g/mol. The lowest BCUT2D eigenvalue weighted by molar-refractivity contribution is 0.282. The van der Waals surface area contributed by atoms with Crippen molar-refractivity contribution in [1.29, 1.82) is 0 Å². The Hall–Kier alpha value is 0.270. The Kier molecular flexibility index (Phi) is 6.65. The number of nitrogens with one attached hydrogen (secondary N) is 1. The summed E-state index contributed by atoms with van der Waals surface area (Å²) >= 11 is 2.08. The monoisotopic (exact) mass is 217 g/mol. The summed E-state index contributed by atoms with van der Waals surface area (Å²) in [6.07, 6.45) is 5.99. The molecule has 1 saturated heterocycles. The Morgan fingerprint density at radius 2 is 2.07 bits per heavy atom. The largest absolute Gasteiger partial charge is 0.396 e. The molecule has 0 bridgehead atoms. The van der Waals surface area contributed by atoms with Gasteiger partial charge < -0.3 is 10.4 Å². The fourth-order valence-corrected chi connectivity index (χ4v) is 3.04. The van der Waals surface area contributed by atoms with Crippen LogP contribution in [0.15, 0.2) is 0 Å². The molecule has 2 unspecified atom stereocenters. The van der Waals surface area contributed by atoms with Gasteiger partial charge in [-0.2, -0.15) is 11.8 Å². The number of thioether (sulfide) groups is 1. The second-order valence-corrected chi connectivity index (χ2v) is 5.64. The Morgan fingerprint density at radius 3 is 2.71 bits per heavy atom. The molecule has 0 aliphatic carbocycles. The lowest BCUT2D eigenvalue weighted by Gasteiger charge is -2.10. The van der Waals surface area contributed by atoms with Gasteiger partial charge in [0.2, 0.25) is 0 Å². The highest BCUT2D eigenvalue weighted by molar-refractivity contribution is 8.00. The van der Waals surface area contributed by atoms with E-state index in [-0.39, 0.29) is 0 Å². The van der Waals surface area contributed by atoms with E-state index in [2.05, 4.69) is 24.0 Å². The fourth-order valence-electron chi connectivity index (χ4n) is 1.86. The van der Waals surface area contributed by atoms with E-state index in [0.29, 0.717) is 6.61 Å². The van der Waals surface area contributed by atoms with E-state index in [1.165, 1.54) is 31.4 Å². The molecule has 14 heavy (non-hydrogen) atoms. The highest BCUT2D eigenvalue weighted by atomic mass is 32.2. The number of aliphatic hydroxyl groups is 1. The van der Waals surface area contributed by atoms with Gasteiger partial charge >= 0.3 is 0 Å². The Labute approximate surface area is 91.9 Å². The Bertz CT molecular complexity index is 143. The molecule has 0 aromatic heterocycles. The third kappa shape index (κ3) is 5.23. The summed E-state index contributed by atoms with van der Waals surface area (Å²) in [4.78, 5) is 0. The average Bonchev–Trinajstić information content (AvgIpc) is 2.58. The van der Waals surface area contributed by atoms with Crippen LogP contribution in [0.2, 0.25) is 0 Å². The van der Waals surface area contributed by atoms with Gasteiger partial charge in [0.05, 0.1) is 0 Å². The Morgan fingerprint density at radius 1 is 1.29 bits per heavy atom. The van der Waals surface area contributed by atoms with Crippen molar-refractivity contribution in [3.8, 4) is 0 Å². The van der Waals surface area contributed by atoms with Crippen LogP contribution < -0.4 is 5.32 Å². The quantitative estimate of drug-likeness (QED) is 0.640. The molecule has 2 atom stereocenters. The van der Waals surface area contributed by atoms with Crippen molar-refractivity contribution in [2.24, 2.45) is 0 Å². The van der Waals surface area contributed by atoms with Crippen LogP contribution in [0, 0.1) is 0 Å². The molecule has 1 fully saturated rings. The summed E-state index contributed by atoms with van der Waals surface area (Å²) in [5, 5.41) is 13.1. The van der Waals surface area contributed by atoms with Crippen LogP contribution >= 0.6 is 11.8 Å². The van der Waals surface area contributed by atoms with Crippen LogP contribution in [0.5, 0.6) is 0 Å². The van der Waals surface area contributed by atoms with E-state index < -0.39 is 0 Å². The van der Waals surface area contributed by atoms with Gasteiger partial charge in [-0.05, 0) is 25.8 Å². The zero-order valence-electron chi connectivity index (χ0n) is 9.17. The zero-order chi connectivity index (χ0) is 10.2. The minimum Gasteiger partial charge on any atom is -0.396 e. The number of hydrogen-bond donors (Lipinski definition) is 2. The van der Waals surface area contributed by atoms with E-state index in [4.69, 9.17) is 5.11 Å². The molecule has 0 radical (unpaired) electrons. The highest BCUT2D eigenvalue weighted by Gasteiger charge is 2.20. The van der Waals surface area contributed by atoms with Crippen LogP contribution in [-0.4, -0.2) is 35.3 Å². The normalized spacial score (nSPS) is 27.0. The van der Waals surface area contributed by atoms with Gasteiger partial charge in [-0.25, -0.2) is 0 Å². The van der Waals surface area contributed by atoms with Crippen LogP contribution in [0.25, 0.3) is 0 Å². The first-order valence-corrected chi connectivity index (χ1v) is 6.83. The molecule has 1 rings (SSSR count). The zero-order valence-corrected chi connectivity index (χ0v) is 9.98. The van der Waals surface area contributed by atoms with E-state index >= 15 is 0 Å². The van der Waals surface area contributed by atoms with Crippen molar-refractivity contribution < 1.29 is 5.11 Å². The molecule has 84 valence electrons. The first kappa shape index (κ1) is 12.3. The smallest absolute Gasteiger partial charge is 0.0431 e. The predicted octanol–water partition coefficient (Wildman–Crippen LogP) is 2.02. The van der Waals surface area contributed by atoms with Crippen molar-refractivity contribution in [3.63, 3.8) is 0 Å². The van der Waals surface area contributed by atoms with E-state index in [0.717, 1.165) is 24.3 Å². The third-order valence-electron chi connectivity index (χ3n) is 2.72. The Balaban J connectivity index is 1.84. The SMILES string of the molecule is CC1CC(NCCCCCCO)CS1. The summed E-state index contributed by atoms with van der Waals surface area (Å²) < 4.78 is 0. The third-order valence-corrected chi connectivity index (χ3v) is 4.07. The maximum absolute atomic E-state index is 8.61. The lowest BCUT2D eigenvalue weighted by atomic mass is 10.1. The van der Waals surface area contributed by atoms with Crippen molar-refractivity contribution in [2.75, 3.05) is 18.9 Å². The van der Waals surface area contributed by atoms with Gasteiger partial charge in [-0.15, -0.1) is 0 Å². The molecule has 2 N–H and O–H groups in total. The van der Waals surface area contributed by atoms with Gasteiger partial charge in [0.25, 0.3) is 0 Å². The summed E-state index contributed by atoms with van der Waals surface area (Å²) in [5.74, 6) is 1.29. The van der Waals surface area contributed by atoms with E-state index in [1.54, 1.807) is 0 Å². The van der Waals surface area contributed by atoms with E-state index in [1.807, 2.05) is 0 Å². The maximum Gasteiger partial charge on any atom is 0.0431 e. The second kappa shape index (κ2) is 7.55. The molecule has 0 amide bonds. The van der Waals surface area contributed by atoms with Crippen molar-refractivity contribution in [3.05, 3.63) is 0 Å². The van der Waals surface area contributed by atoms with Gasteiger partial charge in [-0.3, -0.25) is 0 Å². The van der Waals surface area contributed by atoms with Gasteiger partial charge in [0.1, 0.15) is 0 Å².